The maximum Gasteiger partial charge on any atom is 0.166 e. The van der Waals surface area contributed by atoms with Crippen molar-refractivity contribution in [3.8, 4) is 0 Å². The number of ether oxygens (including phenoxy) is 1. The van der Waals surface area contributed by atoms with Gasteiger partial charge in [-0.15, -0.1) is 0 Å². The van der Waals surface area contributed by atoms with Gasteiger partial charge in [-0.2, -0.15) is 0 Å². The second-order valence-electron chi connectivity index (χ2n) is 5.93. The Kier molecular flexibility index (Phi) is 7.63. The summed E-state index contributed by atoms with van der Waals surface area (Å²) in [7, 11) is 1.72. The van der Waals surface area contributed by atoms with Crippen LogP contribution < -0.4 is 15.5 Å². The van der Waals surface area contributed by atoms with E-state index in [1.54, 1.807) is 12.0 Å². The van der Waals surface area contributed by atoms with Crippen molar-refractivity contribution >= 4 is 17.3 Å². The Labute approximate surface area is 139 Å². The number of nitrogens with one attached hydrogen (secondary N) is 3. The van der Waals surface area contributed by atoms with Gasteiger partial charge in [-0.3, -0.25) is 0 Å². The third kappa shape index (κ3) is 6.30. The van der Waals surface area contributed by atoms with Crippen LogP contribution in [0.1, 0.15) is 24.8 Å². The molecular weight excluding hydrogens is 294 g/mol. The Morgan fingerprint density at radius 1 is 1.27 bits per heavy atom. The number of rotatable bonds is 7. The highest BCUT2D eigenvalue weighted by atomic mass is 32.1. The fraction of sp³-hybridized carbons (Fsp3) is 0.588. The van der Waals surface area contributed by atoms with E-state index in [1.807, 2.05) is 0 Å². The van der Waals surface area contributed by atoms with Crippen LogP contribution in [0.2, 0.25) is 0 Å². The number of benzene rings is 1. The second kappa shape index (κ2) is 9.77. The van der Waals surface area contributed by atoms with Crippen LogP contribution in [0.15, 0.2) is 30.3 Å². The van der Waals surface area contributed by atoms with E-state index in [0.717, 1.165) is 31.2 Å². The Morgan fingerprint density at radius 2 is 2.00 bits per heavy atom. The summed E-state index contributed by atoms with van der Waals surface area (Å²) in [6.45, 7) is 5.19. The van der Waals surface area contributed by atoms with Gasteiger partial charge in [0, 0.05) is 44.7 Å². The fourth-order valence-electron chi connectivity index (χ4n) is 2.89. The number of piperidine rings is 1. The highest BCUT2D eigenvalue weighted by Crippen LogP contribution is 2.01. The molecular formula is C17H28N3OS+. The van der Waals surface area contributed by atoms with Crippen LogP contribution in [0.4, 0.5) is 0 Å². The smallest absolute Gasteiger partial charge is 0.166 e. The van der Waals surface area contributed by atoms with Crippen molar-refractivity contribution in [3.63, 3.8) is 0 Å². The average molecular weight is 322 g/mol. The van der Waals surface area contributed by atoms with E-state index in [-0.39, 0.29) is 0 Å². The van der Waals surface area contributed by atoms with Gasteiger partial charge in [0.05, 0.1) is 13.1 Å². The lowest BCUT2D eigenvalue weighted by atomic mass is 10.0. The van der Waals surface area contributed by atoms with E-state index >= 15 is 0 Å². The maximum absolute atomic E-state index is 5.35. The van der Waals surface area contributed by atoms with Gasteiger partial charge in [-0.05, 0) is 18.6 Å². The third-order valence-corrected chi connectivity index (χ3v) is 4.40. The van der Waals surface area contributed by atoms with Crippen molar-refractivity contribution in [1.29, 1.82) is 0 Å². The number of quaternary nitrogens is 1. The summed E-state index contributed by atoms with van der Waals surface area (Å²) in [6, 6.07) is 11.3. The zero-order valence-corrected chi connectivity index (χ0v) is 14.3. The molecule has 0 spiro atoms. The van der Waals surface area contributed by atoms with Crippen LogP contribution in [-0.4, -0.2) is 44.5 Å². The van der Waals surface area contributed by atoms with Crippen molar-refractivity contribution in [2.75, 3.05) is 33.4 Å². The predicted molar refractivity (Wildman–Crippen MR) is 94.1 cm³/mol. The van der Waals surface area contributed by atoms with Gasteiger partial charge >= 0.3 is 0 Å². The van der Waals surface area contributed by atoms with Crippen LogP contribution in [-0.2, 0) is 11.3 Å². The molecule has 1 aliphatic heterocycles. The molecule has 2 rings (SSSR count). The van der Waals surface area contributed by atoms with E-state index in [9.17, 15) is 0 Å². The number of likely N-dealkylation sites (tertiary alicyclic amines) is 1. The summed E-state index contributed by atoms with van der Waals surface area (Å²) in [5.41, 5.74) is 1.43. The van der Waals surface area contributed by atoms with Gasteiger partial charge < -0.3 is 20.3 Å². The summed E-state index contributed by atoms with van der Waals surface area (Å²) in [5.74, 6) is 0. The molecule has 1 saturated heterocycles. The Bertz CT molecular complexity index is 433. The topological polar surface area (TPSA) is 37.7 Å². The number of thiocarbonyl (C=S) groups is 1. The normalized spacial score (nSPS) is 21.3. The second-order valence-corrected chi connectivity index (χ2v) is 6.34. The minimum atomic E-state index is 0.516. The summed E-state index contributed by atoms with van der Waals surface area (Å²) < 4.78 is 5.03. The first-order valence-corrected chi connectivity index (χ1v) is 8.59. The average Bonchev–Trinajstić information content (AvgIpc) is 2.54. The summed E-state index contributed by atoms with van der Waals surface area (Å²) in [6.07, 6.45) is 3.35. The standard InChI is InChI=1S/C17H27N3OS/c1-21-13-5-10-18-17(22)19-16-8-11-20(12-9-16)14-15-6-3-2-4-7-15/h2-4,6-7,16H,5,8-14H2,1H3,(H2,18,19,22)/p+1. The minimum Gasteiger partial charge on any atom is -0.385 e. The largest absolute Gasteiger partial charge is 0.385 e. The zero-order valence-electron chi connectivity index (χ0n) is 13.4. The minimum absolute atomic E-state index is 0.516. The van der Waals surface area contributed by atoms with E-state index in [1.165, 1.54) is 31.5 Å². The molecule has 0 aromatic heterocycles. The zero-order chi connectivity index (χ0) is 15.6. The molecule has 0 amide bonds. The molecule has 5 heteroatoms. The predicted octanol–water partition coefficient (Wildman–Crippen LogP) is 0.735. The molecule has 1 aliphatic rings. The highest BCUT2D eigenvalue weighted by molar-refractivity contribution is 7.80. The SMILES string of the molecule is COCCCNC(=S)NC1CC[NH+](Cc2ccccc2)CC1. The van der Waals surface area contributed by atoms with Crippen LogP contribution in [0, 0.1) is 0 Å². The van der Waals surface area contributed by atoms with Crippen molar-refractivity contribution in [2.24, 2.45) is 0 Å². The van der Waals surface area contributed by atoms with Crippen LogP contribution in [0.3, 0.4) is 0 Å². The molecule has 1 heterocycles. The van der Waals surface area contributed by atoms with Gasteiger partial charge in [0.2, 0.25) is 0 Å². The molecule has 0 saturated carbocycles. The van der Waals surface area contributed by atoms with Crippen molar-refractivity contribution in [2.45, 2.75) is 31.8 Å². The quantitative estimate of drug-likeness (QED) is 0.511. The first-order chi connectivity index (χ1) is 10.8. The monoisotopic (exact) mass is 322 g/mol. The molecule has 1 aromatic rings. The molecule has 0 atom stereocenters. The molecule has 4 nitrogen and oxygen atoms in total. The molecule has 0 unspecified atom stereocenters. The first kappa shape index (κ1) is 17.2. The van der Waals surface area contributed by atoms with Gasteiger partial charge in [0.25, 0.3) is 0 Å². The molecule has 0 radical (unpaired) electrons. The summed E-state index contributed by atoms with van der Waals surface area (Å²) in [5, 5.41) is 7.48. The summed E-state index contributed by atoms with van der Waals surface area (Å²) in [4.78, 5) is 1.67. The lowest BCUT2D eigenvalue weighted by molar-refractivity contribution is -0.918. The van der Waals surface area contributed by atoms with Crippen LogP contribution >= 0.6 is 12.2 Å². The lowest BCUT2D eigenvalue weighted by Crippen LogP contribution is -3.12. The molecule has 122 valence electrons. The lowest BCUT2D eigenvalue weighted by Gasteiger charge is -2.30. The molecule has 0 bridgehead atoms. The Morgan fingerprint density at radius 3 is 2.68 bits per heavy atom. The summed E-state index contributed by atoms with van der Waals surface area (Å²) >= 11 is 5.35. The van der Waals surface area contributed by atoms with Crippen molar-refractivity contribution in [3.05, 3.63) is 35.9 Å². The number of methoxy groups -OCH3 is 1. The Hall–Kier alpha value is -1.17. The molecule has 3 N–H and O–H groups in total. The molecule has 0 aliphatic carbocycles. The molecule has 1 fully saturated rings. The van der Waals surface area contributed by atoms with Crippen LogP contribution in [0.25, 0.3) is 0 Å². The van der Waals surface area contributed by atoms with E-state index in [2.05, 4.69) is 41.0 Å². The van der Waals surface area contributed by atoms with Crippen molar-refractivity contribution in [1.82, 2.24) is 10.6 Å². The first-order valence-electron chi connectivity index (χ1n) is 8.18. The van der Waals surface area contributed by atoms with Crippen molar-refractivity contribution < 1.29 is 9.64 Å². The maximum atomic E-state index is 5.35. The van der Waals surface area contributed by atoms with Gasteiger partial charge in [-0.1, -0.05) is 30.3 Å². The van der Waals surface area contributed by atoms with E-state index in [0.29, 0.717) is 6.04 Å². The van der Waals surface area contributed by atoms with Gasteiger partial charge in [0.15, 0.2) is 5.11 Å². The highest BCUT2D eigenvalue weighted by Gasteiger charge is 2.22. The molecule has 22 heavy (non-hydrogen) atoms. The Balaban J connectivity index is 1.61. The number of hydrogen-bond donors (Lipinski definition) is 3. The van der Waals surface area contributed by atoms with E-state index < -0.39 is 0 Å². The van der Waals surface area contributed by atoms with Crippen LogP contribution in [0.5, 0.6) is 0 Å². The van der Waals surface area contributed by atoms with Gasteiger partial charge in [0.1, 0.15) is 6.54 Å². The number of hydrogen-bond acceptors (Lipinski definition) is 2. The fourth-order valence-corrected chi connectivity index (χ4v) is 3.16. The van der Waals surface area contributed by atoms with Gasteiger partial charge in [-0.25, -0.2) is 0 Å². The van der Waals surface area contributed by atoms with E-state index in [4.69, 9.17) is 17.0 Å². The third-order valence-electron chi connectivity index (χ3n) is 4.14. The molecule has 1 aromatic carbocycles.